The Morgan fingerprint density at radius 2 is 1.74 bits per heavy atom. The second-order valence-electron chi connectivity index (χ2n) is 9.03. The second kappa shape index (κ2) is 14.0. The summed E-state index contributed by atoms with van der Waals surface area (Å²) in [6.45, 7) is 1.41. The van der Waals surface area contributed by atoms with Crippen LogP contribution in [0.1, 0.15) is 44.1 Å². The molecule has 3 amide bonds. The fourth-order valence-electron chi connectivity index (χ4n) is 4.46. The second-order valence-corrected chi connectivity index (χ2v) is 9.03. The minimum absolute atomic E-state index is 0.0619. The van der Waals surface area contributed by atoms with Crippen molar-refractivity contribution in [3.63, 3.8) is 0 Å². The number of nitrogens with one attached hydrogen (secondary N) is 2. The lowest BCUT2D eigenvalue weighted by Gasteiger charge is -2.31. The standard InChI is InChI=1S/C25H37N3O6/c29-16-23(30)22(18-34-17-20-9-5-2-6-10-20)26-24(31)21(15-19-7-3-1-4-8-19)27-25(32)28-11-13-33-14-12-28/h2,5-6,9-10,19,21-22,29H,1,3-4,7-8,11-18H2,(H,26,31)(H,27,32)/t21-,22-/m0/s1. The summed E-state index contributed by atoms with van der Waals surface area (Å²) in [4.78, 5) is 40.0. The largest absolute Gasteiger partial charge is 0.388 e. The number of ketones is 1. The van der Waals surface area contributed by atoms with E-state index in [-0.39, 0.29) is 19.2 Å². The third-order valence-corrected chi connectivity index (χ3v) is 6.46. The predicted molar refractivity (Wildman–Crippen MR) is 126 cm³/mol. The number of aliphatic hydroxyl groups is 1. The third-order valence-electron chi connectivity index (χ3n) is 6.46. The van der Waals surface area contributed by atoms with Gasteiger partial charge in [0, 0.05) is 13.1 Å². The molecule has 0 radical (unpaired) electrons. The van der Waals surface area contributed by atoms with E-state index >= 15 is 0 Å². The Morgan fingerprint density at radius 1 is 1.03 bits per heavy atom. The highest BCUT2D eigenvalue weighted by Crippen LogP contribution is 2.27. The maximum absolute atomic E-state index is 13.2. The molecule has 0 spiro atoms. The Morgan fingerprint density at radius 3 is 2.41 bits per heavy atom. The summed E-state index contributed by atoms with van der Waals surface area (Å²) in [5.74, 6) is -0.615. The first-order chi connectivity index (χ1) is 16.6. The highest BCUT2D eigenvalue weighted by molar-refractivity contribution is 5.93. The molecule has 2 atom stereocenters. The molecule has 1 aromatic carbocycles. The van der Waals surface area contributed by atoms with Gasteiger partial charge in [0.2, 0.25) is 5.91 Å². The van der Waals surface area contributed by atoms with Crippen LogP contribution in [-0.4, -0.2) is 79.3 Å². The molecule has 2 fully saturated rings. The van der Waals surface area contributed by atoms with Crippen molar-refractivity contribution in [3.8, 4) is 0 Å². The topological polar surface area (TPSA) is 117 Å². The summed E-state index contributed by atoms with van der Waals surface area (Å²) in [5.41, 5.74) is 0.942. The summed E-state index contributed by atoms with van der Waals surface area (Å²) in [7, 11) is 0. The summed E-state index contributed by atoms with van der Waals surface area (Å²) in [6.07, 6.45) is 6.00. The van der Waals surface area contributed by atoms with Crippen molar-refractivity contribution in [3.05, 3.63) is 35.9 Å². The number of morpholine rings is 1. The van der Waals surface area contributed by atoms with Crippen LogP contribution in [0.25, 0.3) is 0 Å². The molecule has 34 heavy (non-hydrogen) atoms. The van der Waals surface area contributed by atoms with Crippen LogP contribution in [0.5, 0.6) is 0 Å². The highest BCUT2D eigenvalue weighted by atomic mass is 16.5. The van der Waals surface area contributed by atoms with Crippen molar-refractivity contribution in [1.82, 2.24) is 15.5 Å². The Bertz CT molecular complexity index is 778. The molecule has 0 bridgehead atoms. The van der Waals surface area contributed by atoms with E-state index < -0.39 is 30.4 Å². The molecule has 1 saturated heterocycles. The van der Waals surface area contributed by atoms with Gasteiger partial charge in [-0.05, 0) is 17.9 Å². The summed E-state index contributed by atoms with van der Waals surface area (Å²) >= 11 is 0. The zero-order chi connectivity index (χ0) is 24.2. The zero-order valence-electron chi connectivity index (χ0n) is 19.7. The average Bonchev–Trinajstić information content (AvgIpc) is 2.88. The van der Waals surface area contributed by atoms with Gasteiger partial charge in [-0.25, -0.2) is 4.79 Å². The average molecular weight is 476 g/mol. The van der Waals surface area contributed by atoms with Crippen LogP contribution >= 0.6 is 0 Å². The van der Waals surface area contributed by atoms with E-state index in [0.717, 1.165) is 31.2 Å². The zero-order valence-corrected chi connectivity index (χ0v) is 19.7. The van der Waals surface area contributed by atoms with Crippen molar-refractivity contribution >= 4 is 17.7 Å². The molecule has 9 heteroatoms. The maximum Gasteiger partial charge on any atom is 0.318 e. The molecule has 0 unspecified atom stereocenters. The van der Waals surface area contributed by atoms with Gasteiger partial charge in [-0.2, -0.15) is 0 Å². The monoisotopic (exact) mass is 475 g/mol. The first kappa shape index (κ1) is 26.1. The number of urea groups is 1. The number of carbonyl (C=O) groups excluding carboxylic acids is 3. The number of ether oxygens (including phenoxy) is 2. The Kier molecular flexibility index (Phi) is 10.8. The lowest BCUT2D eigenvalue weighted by atomic mass is 9.84. The van der Waals surface area contributed by atoms with E-state index in [1.807, 2.05) is 30.3 Å². The molecule has 1 saturated carbocycles. The number of Topliss-reactive ketones (excluding diaryl/α,β-unsaturated/α-hetero) is 1. The van der Waals surface area contributed by atoms with Crippen LogP contribution < -0.4 is 10.6 Å². The van der Waals surface area contributed by atoms with Gasteiger partial charge in [0.15, 0.2) is 5.78 Å². The summed E-state index contributed by atoms with van der Waals surface area (Å²) in [6, 6.07) is 7.44. The molecule has 3 N–H and O–H groups in total. The maximum atomic E-state index is 13.2. The van der Waals surface area contributed by atoms with Crippen LogP contribution in [0.3, 0.4) is 0 Å². The number of carbonyl (C=O) groups is 3. The molecular weight excluding hydrogens is 438 g/mol. The first-order valence-corrected chi connectivity index (χ1v) is 12.3. The van der Waals surface area contributed by atoms with Gasteiger partial charge >= 0.3 is 6.03 Å². The minimum atomic E-state index is -0.990. The lowest BCUT2D eigenvalue weighted by Crippen LogP contribution is -2.57. The van der Waals surface area contributed by atoms with Crippen molar-refractivity contribution < 1.29 is 29.0 Å². The van der Waals surface area contributed by atoms with Crippen molar-refractivity contribution in [2.75, 3.05) is 39.5 Å². The van der Waals surface area contributed by atoms with Crippen molar-refractivity contribution in [2.24, 2.45) is 5.92 Å². The van der Waals surface area contributed by atoms with Crippen LogP contribution in [0.4, 0.5) is 4.79 Å². The Hall–Kier alpha value is -2.49. The smallest absolute Gasteiger partial charge is 0.318 e. The van der Waals surface area contributed by atoms with Gasteiger partial charge < -0.3 is 30.1 Å². The Labute approximate surface area is 201 Å². The van der Waals surface area contributed by atoms with Crippen LogP contribution in [0, 0.1) is 5.92 Å². The van der Waals surface area contributed by atoms with E-state index in [1.54, 1.807) is 4.90 Å². The number of rotatable bonds is 11. The van der Waals surface area contributed by atoms with E-state index in [1.165, 1.54) is 6.42 Å². The molecule has 2 aliphatic rings. The molecule has 188 valence electrons. The number of hydrogen-bond acceptors (Lipinski definition) is 6. The number of aliphatic hydroxyl groups excluding tert-OH is 1. The molecule has 0 aromatic heterocycles. The molecular formula is C25H37N3O6. The van der Waals surface area contributed by atoms with Gasteiger partial charge in [0.05, 0.1) is 26.4 Å². The van der Waals surface area contributed by atoms with Gasteiger partial charge in [0.1, 0.15) is 18.7 Å². The molecule has 1 aliphatic heterocycles. The van der Waals surface area contributed by atoms with Gasteiger partial charge in [-0.1, -0.05) is 62.4 Å². The van der Waals surface area contributed by atoms with Gasteiger partial charge in [0.25, 0.3) is 0 Å². The van der Waals surface area contributed by atoms with Crippen molar-refractivity contribution in [2.45, 2.75) is 57.2 Å². The normalized spacial score (nSPS) is 18.7. The number of nitrogens with zero attached hydrogens (tertiary/aromatic N) is 1. The summed E-state index contributed by atoms with van der Waals surface area (Å²) < 4.78 is 11.0. The van der Waals surface area contributed by atoms with Gasteiger partial charge in [-0.3, -0.25) is 9.59 Å². The molecule has 1 aromatic rings. The fourth-order valence-corrected chi connectivity index (χ4v) is 4.46. The number of amides is 3. The van der Waals surface area contributed by atoms with E-state index in [2.05, 4.69) is 10.6 Å². The van der Waals surface area contributed by atoms with Crippen molar-refractivity contribution in [1.29, 1.82) is 0 Å². The fraction of sp³-hybridized carbons (Fsp3) is 0.640. The molecule has 1 heterocycles. The van der Waals surface area contributed by atoms with Crippen LogP contribution in [0.15, 0.2) is 30.3 Å². The van der Waals surface area contributed by atoms with E-state index in [0.29, 0.717) is 38.6 Å². The Balaban J connectivity index is 1.61. The SMILES string of the molecule is O=C(CO)[C@H](COCc1ccccc1)NC(=O)[C@H](CC1CCCCC1)NC(=O)N1CCOCC1. The predicted octanol–water partition coefficient (Wildman–Crippen LogP) is 1.63. The van der Waals surface area contributed by atoms with Gasteiger partial charge in [-0.15, -0.1) is 0 Å². The number of hydrogen-bond donors (Lipinski definition) is 3. The van der Waals surface area contributed by atoms with E-state index in [4.69, 9.17) is 9.47 Å². The minimum Gasteiger partial charge on any atom is -0.388 e. The number of benzene rings is 1. The highest BCUT2D eigenvalue weighted by Gasteiger charge is 2.31. The molecule has 1 aliphatic carbocycles. The summed E-state index contributed by atoms with van der Waals surface area (Å²) in [5, 5.41) is 15.0. The first-order valence-electron chi connectivity index (χ1n) is 12.3. The quantitative estimate of drug-likeness (QED) is 0.448. The van der Waals surface area contributed by atoms with E-state index in [9.17, 15) is 19.5 Å². The molecule has 9 nitrogen and oxygen atoms in total. The molecule has 3 rings (SSSR count). The lowest BCUT2D eigenvalue weighted by molar-refractivity contribution is -0.132. The van der Waals surface area contributed by atoms with Crippen LogP contribution in [-0.2, 0) is 25.7 Å². The van der Waals surface area contributed by atoms with Crippen LogP contribution in [0.2, 0.25) is 0 Å². The third kappa shape index (κ3) is 8.38.